The summed E-state index contributed by atoms with van der Waals surface area (Å²) in [6.07, 6.45) is 2.23. The van der Waals surface area contributed by atoms with Crippen molar-refractivity contribution in [1.82, 2.24) is 5.32 Å². The van der Waals surface area contributed by atoms with Crippen LogP contribution in [-0.4, -0.2) is 25.7 Å². The summed E-state index contributed by atoms with van der Waals surface area (Å²) >= 11 is 0. The van der Waals surface area contributed by atoms with Gasteiger partial charge in [0.05, 0.1) is 0 Å². The Kier molecular flexibility index (Phi) is 6.55. The Balaban J connectivity index is 2.01. The zero-order chi connectivity index (χ0) is 15.6. The zero-order valence-corrected chi connectivity index (χ0v) is 12.9. The van der Waals surface area contributed by atoms with Crippen LogP contribution in [0.4, 0.5) is 0 Å². The number of fused-ring (bicyclic) bond motifs is 1. The Bertz CT molecular complexity index is 632. The van der Waals surface area contributed by atoms with E-state index < -0.39 is 0 Å². The van der Waals surface area contributed by atoms with E-state index in [0.717, 1.165) is 35.9 Å². The fourth-order valence-corrected chi connectivity index (χ4v) is 2.31. The molecule has 22 heavy (non-hydrogen) atoms. The van der Waals surface area contributed by atoms with Crippen molar-refractivity contribution in [3.05, 3.63) is 52.9 Å². The van der Waals surface area contributed by atoms with E-state index >= 15 is 0 Å². The van der Waals surface area contributed by atoms with E-state index in [4.69, 9.17) is 10.3 Å². The normalized spacial score (nSPS) is 11.9. The van der Waals surface area contributed by atoms with Gasteiger partial charge in [-0.25, -0.2) is 0 Å². The second-order valence-electron chi connectivity index (χ2n) is 5.21. The lowest BCUT2D eigenvalue weighted by Crippen LogP contribution is -2.37. The highest BCUT2D eigenvalue weighted by molar-refractivity contribution is 5.88. The van der Waals surface area contributed by atoms with E-state index in [1.54, 1.807) is 0 Å². The molecule has 1 unspecified atom stereocenters. The summed E-state index contributed by atoms with van der Waals surface area (Å²) in [7, 11) is 0. The fourth-order valence-electron chi connectivity index (χ4n) is 2.31. The van der Waals surface area contributed by atoms with Gasteiger partial charge in [-0.2, -0.15) is 0 Å². The maximum Gasteiger partial charge on any atom is 0.127 e. The van der Waals surface area contributed by atoms with Crippen LogP contribution in [0.1, 0.15) is 19.8 Å². The number of benzene rings is 2. The molecule has 1 atom stereocenters. The van der Waals surface area contributed by atoms with E-state index in [-0.39, 0.29) is 6.04 Å². The molecule has 0 aliphatic rings. The highest BCUT2D eigenvalue weighted by Crippen LogP contribution is 2.25. The van der Waals surface area contributed by atoms with Gasteiger partial charge in [-0.3, -0.25) is 0 Å². The Morgan fingerprint density at radius 2 is 2.05 bits per heavy atom. The van der Waals surface area contributed by atoms with E-state index in [2.05, 4.69) is 40.5 Å². The minimum absolute atomic E-state index is 0.0291. The number of hydrogen-bond donors (Lipinski definition) is 1. The van der Waals surface area contributed by atoms with E-state index in [9.17, 15) is 0 Å². The van der Waals surface area contributed by atoms with Gasteiger partial charge in [-0.05, 0) is 29.9 Å². The standard InChI is InChI=1S/C17H22N4O/c1-2-3-11-19-15(12-20-21-18)13-22-17-10-6-8-14-7-4-5-9-16(14)17/h4-10,15,19H,2-3,11-13H2,1H3. The first-order valence-corrected chi connectivity index (χ1v) is 7.70. The van der Waals surface area contributed by atoms with Crippen LogP contribution in [-0.2, 0) is 0 Å². The smallest absolute Gasteiger partial charge is 0.127 e. The highest BCUT2D eigenvalue weighted by atomic mass is 16.5. The number of nitrogens with zero attached hydrogens (tertiary/aromatic N) is 3. The monoisotopic (exact) mass is 298 g/mol. The molecular weight excluding hydrogens is 276 g/mol. The minimum atomic E-state index is 0.0291. The fraction of sp³-hybridized carbons (Fsp3) is 0.412. The van der Waals surface area contributed by atoms with Gasteiger partial charge >= 0.3 is 0 Å². The molecule has 0 heterocycles. The van der Waals surface area contributed by atoms with Crippen LogP contribution < -0.4 is 10.1 Å². The lowest BCUT2D eigenvalue weighted by molar-refractivity contribution is 0.269. The van der Waals surface area contributed by atoms with Gasteiger partial charge in [0.15, 0.2) is 0 Å². The van der Waals surface area contributed by atoms with Crippen LogP contribution >= 0.6 is 0 Å². The maximum absolute atomic E-state index is 8.50. The Labute approximate surface area is 130 Å². The minimum Gasteiger partial charge on any atom is -0.491 e. The zero-order valence-electron chi connectivity index (χ0n) is 12.9. The third kappa shape index (κ3) is 4.65. The number of ether oxygens (including phenoxy) is 1. The molecule has 0 spiro atoms. The van der Waals surface area contributed by atoms with Crippen molar-refractivity contribution >= 4 is 10.8 Å². The third-order valence-corrected chi connectivity index (χ3v) is 3.52. The molecule has 116 valence electrons. The van der Waals surface area contributed by atoms with E-state index in [1.165, 1.54) is 0 Å². The second-order valence-corrected chi connectivity index (χ2v) is 5.21. The van der Waals surface area contributed by atoms with Gasteiger partial charge in [0.25, 0.3) is 0 Å². The van der Waals surface area contributed by atoms with Gasteiger partial charge in [-0.1, -0.05) is 54.9 Å². The number of rotatable bonds is 9. The van der Waals surface area contributed by atoms with Gasteiger partial charge < -0.3 is 10.1 Å². The molecule has 0 amide bonds. The van der Waals surface area contributed by atoms with Crippen molar-refractivity contribution in [3.63, 3.8) is 0 Å². The highest BCUT2D eigenvalue weighted by Gasteiger charge is 2.09. The van der Waals surface area contributed by atoms with Crippen LogP contribution in [0.25, 0.3) is 21.2 Å². The van der Waals surface area contributed by atoms with Crippen LogP contribution in [0.15, 0.2) is 47.6 Å². The van der Waals surface area contributed by atoms with Crippen LogP contribution in [0.5, 0.6) is 5.75 Å². The molecule has 0 aromatic heterocycles. The second kappa shape index (κ2) is 8.93. The largest absolute Gasteiger partial charge is 0.491 e. The van der Waals surface area contributed by atoms with Gasteiger partial charge in [0, 0.05) is 22.9 Å². The van der Waals surface area contributed by atoms with Crippen LogP contribution in [0, 0.1) is 0 Å². The predicted octanol–water partition coefficient (Wildman–Crippen LogP) is 4.29. The molecule has 0 aliphatic heterocycles. The lowest BCUT2D eigenvalue weighted by atomic mass is 10.1. The molecule has 0 fully saturated rings. The number of nitrogens with one attached hydrogen (secondary N) is 1. The Morgan fingerprint density at radius 3 is 2.86 bits per heavy atom. The Morgan fingerprint density at radius 1 is 1.23 bits per heavy atom. The molecular formula is C17H22N4O. The SMILES string of the molecule is CCCCNC(CN=[N+]=[N-])COc1cccc2ccccc12. The van der Waals surface area contributed by atoms with Gasteiger partial charge in [0.2, 0.25) is 0 Å². The average Bonchev–Trinajstić information content (AvgIpc) is 2.57. The van der Waals surface area contributed by atoms with Crippen LogP contribution in [0.2, 0.25) is 0 Å². The average molecular weight is 298 g/mol. The molecule has 5 heteroatoms. The number of unbranched alkanes of at least 4 members (excludes halogenated alkanes) is 1. The Hall–Kier alpha value is -2.23. The van der Waals surface area contributed by atoms with Crippen molar-refractivity contribution in [2.75, 3.05) is 19.7 Å². The van der Waals surface area contributed by atoms with Crippen molar-refractivity contribution in [3.8, 4) is 5.75 Å². The molecule has 0 saturated carbocycles. The molecule has 0 saturated heterocycles. The van der Waals surface area contributed by atoms with E-state index in [0.29, 0.717) is 13.2 Å². The summed E-state index contributed by atoms with van der Waals surface area (Å²) in [6.45, 7) is 3.93. The summed E-state index contributed by atoms with van der Waals surface area (Å²) in [6, 6.07) is 14.2. The third-order valence-electron chi connectivity index (χ3n) is 3.52. The van der Waals surface area contributed by atoms with Crippen LogP contribution in [0.3, 0.4) is 0 Å². The number of azide groups is 1. The lowest BCUT2D eigenvalue weighted by Gasteiger charge is -2.18. The van der Waals surface area contributed by atoms with Crippen molar-refractivity contribution in [2.24, 2.45) is 5.11 Å². The molecule has 0 aliphatic carbocycles. The molecule has 0 radical (unpaired) electrons. The molecule has 2 rings (SSSR count). The molecule has 5 nitrogen and oxygen atoms in total. The van der Waals surface area contributed by atoms with Crippen molar-refractivity contribution in [1.29, 1.82) is 0 Å². The molecule has 0 bridgehead atoms. The van der Waals surface area contributed by atoms with Gasteiger partial charge in [0.1, 0.15) is 12.4 Å². The van der Waals surface area contributed by atoms with Gasteiger partial charge in [-0.15, -0.1) is 0 Å². The summed E-state index contributed by atoms with van der Waals surface area (Å²) in [5, 5.41) is 9.30. The molecule has 1 N–H and O–H groups in total. The summed E-state index contributed by atoms with van der Waals surface area (Å²) in [5.41, 5.74) is 8.50. The quantitative estimate of drug-likeness (QED) is 0.325. The first kappa shape index (κ1) is 16.1. The number of hydrogen-bond acceptors (Lipinski definition) is 3. The van der Waals surface area contributed by atoms with E-state index in [1.807, 2.05) is 24.3 Å². The summed E-state index contributed by atoms with van der Waals surface area (Å²) in [4.78, 5) is 2.84. The van der Waals surface area contributed by atoms with Crippen molar-refractivity contribution < 1.29 is 4.74 Å². The molecule has 2 aromatic rings. The predicted molar refractivity (Wildman–Crippen MR) is 90.2 cm³/mol. The summed E-state index contributed by atoms with van der Waals surface area (Å²) in [5.74, 6) is 0.862. The van der Waals surface area contributed by atoms with Crippen molar-refractivity contribution in [2.45, 2.75) is 25.8 Å². The first-order valence-electron chi connectivity index (χ1n) is 7.70. The maximum atomic E-state index is 8.50. The topological polar surface area (TPSA) is 70.0 Å². The summed E-state index contributed by atoms with van der Waals surface area (Å²) < 4.78 is 5.96. The molecule has 2 aromatic carbocycles. The first-order chi connectivity index (χ1) is 10.8.